The monoisotopic (exact) mass is 356 g/mol. The van der Waals surface area contributed by atoms with Crippen molar-refractivity contribution < 1.29 is 23.5 Å². The predicted octanol–water partition coefficient (Wildman–Crippen LogP) is 2.56. The van der Waals surface area contributed by atoms with E-state index in [1.54, 1.807) is 18.2 Å². The summed E-state index contributed by atoms with van der Waals surface area (Å²) in [6.07, 6.45) is 0.339. The number of carbonyl (C=O) groups is 2. The molecule has 0 aliphatic carbocycles. The average Bonchev–Trinajstić information content (AvgIpc) is 2.87. The van der Waals surface area contributed by atoms with Gasteiger partial charge in [0.15, 0.2) is 5.54 Å². The van der Waals surface area contributed by atoms with Crippen LogP contribution in [0.1, 0.15) is 17.5 Å². The highest BCUT2D eigenvalue weighted by Gasteiger charge is 2.54. The van der Waals surface area contributed by atoms with Crippen LogP contribution in [0, 0.1) is 5.82 Å². The lowest BCUT2D eigenvalue weighted by Crippen LogP contribution is -2.47. The Morgan fingerprint density at radius 1 is 1.27 bits per heavy atom. The number of ether oxygens (including phenoxy) is 2. The molecule has 134 valence electrons. The van der Waals surface area contributed by atoms with Crippen molar-refractivity contribution in [3.05, 3.63) is 59.4 Å². The fourth-order valence-electron chi connectivity index (χ4n) is 3.56. The number of nitrogens with zero attached hydrogens (tertiary/aromatic N) is 1. The van der Waals surface area contributed by atoms with E-state index in [4.69, 9.17) is 9.47 Å². The van der Waals surface area contributed by atoms with Crippen molar-refractivity contribution in [2.45, 2.75) is 18.5 Å². The molecule has 2 aromatic carbocycles. The molecule has 1 unspecified atom stereocenters. The molecular formula is C19H17FN2O4. The third-order valence-electron chi connectivity index (χ3n) is 4.83. The number of carbonyl (C=O) groups excluding carboxylic acids is 2. The molecule has 0 radical (unpaired) electrons. The van der Waals surface area contributed by atoms with Gasteiger partial charge in [0, 0.05) is 17.5 Å². The third-order valence-corrected chi connectivity index (χ3v) is 4.83. The standard InChI is InChI=1S/C19H17FN2O4/c1-25-15-7-6-13(20)10-12(15)11-22-17(23)19(21-18(22)24)8-9-26-16-5-3-2-4-14(16)19/h2-7,10H,8-9,11H2,1H3,(H,21,24). The lowest BCUT2D eigenvalue weighted by atomic mass is 9.84. The number of hydrogen-bond donors (Lipinski definition) is 1. The molecule has 2 aliphatic heterocycles. The predicted molar refractivity (Wildman–Crippen MR) is 90.3 cm³/mol. The lowest BCUT2D eigenvalue weighted by molar-refractivity contribution is -0.133. The second-order valence-corrected chi connectivity index (χ2v) is 6.28. The van der Waals surface area contributed by atoms with E-state index in [9.17, 15) is 14.0 Å². The van der Waals surface area contributed by atoms with Crippen LogP contribution in [0.3, 0.4) is 0 Å². The second-order valence-electron chi connectivity index (χ2n) is 6.28. The summed E-state index contributed by atoms with van der Waals surface area (Å²) >= 11 is 0. The maximum atomic E-state index is 13.6. The lowest BCUT2D eigenvalue weighted by Gasteiger charge is -2.33. The molecule has 2 aromatic rings. The first kappa shape index (κ1) is 16.4. The first-order valence-corrected chi connectivity index (χ1v) is 8.24. The molecule has 1 fully saturated rings. The van der Waals surface area contributed by atoms with Crippen LogP contribution in [-0.4, -0.2) is 30.6 Å². The van der Waals surface area contributed by atoms with E-state index < -0.39 is 17.4 Å². The highest BCUT2D eigenvalue weighted by molar-refractivity contribution is 6.07. The Balaban J connectivity index is 1.71. The van der Waals surface area contributed by atoms with E-state index in [-0.39, 0.29) is 12.5 Å². The summed E-state index contributed by atoms with van der Waals surface area (Å²) in [5.41, 5.74) is -0.0846. The van der Waals surface area contributed by atoms with E-state index in [2.05, 4.69) is 5.32 Å². The summed E-state index contributed by atoms with van der Waals surface area (Å²) < 4.78 is 24.4. The fraction of sp³-hybridized carbons (Fsp3) is 0.263. The Morgan fingerprint density at radius 3 is 2.88 bits per heavy atom. The van der Waals surface area contributed by atoms with Gasteiger partial charge in [0.05, 0.1) is 20.3 Å². The Morgan fingerprint density at radius 2 is 2.08 bits per heavy atom. The Hall–Kier alpha value is -3.09. The number of amides is 3. The molecule has 0 bridgehead atoms. The quantitative estimate of drug-likeness (QED) is 0.859. The highest BCUT2D eigenvalue weighted by Crippen LogP contribution is 2.41. The van der Waals surface area contributed by atoms with E-state index in [0.29, 0.717) is 35.7 Å². The normalized spacial score (nSPS) is 21.4. The van der Waals surface area contributed by atoms with Gasteiger partial charge >= 0.3 is 6.03 Å². The van der Waals surface area contributed by atoms with Crippen LogP contribution in [0.4, 0.5) is 9.18 Å². The number of methoxy groups -OCH3 is 1. The fourth-order valence-corrected chi connectivity index (χ4v) is 3.56. The molecule has 7 heteroatoms. The smallest absolute Gasteiger partial charge is 0.325 e. The number of urea groups is 1. The van der Waals surface area contributed by atoms with Crippen molar-refractivity contribution in [2.24, 2.45) is 0 Å². The third kappa shape index (κ3) is 2.39. The average molecular weight is 356 g/mol. The molecule has 4 rings (SSSR count). The van der Waals surface area contributed by atoms with Crippen LogP contribution < -0.4 is 14.8 Å². The van der Waals surface area contributed by atoms with Gasteiger partial charge in [0.25, 0.3) is 5.91 Å². The minimum Gasteiger partial charge on any atom is -0.496 e. The van der Waals surface area contributed by atoms with Gasteiger partial charge in [-0.25, -0.2) is 9.18 Å². The molecule has 1 atom stereocenters. The van der Waals surface area contributed by atoms with E-state index in [1.165, 1.54) is 25.3 Å². The molecule has 1 spiro atoms. The summed E-state index contributed by atoms with van der Waals surface area (Å²) in [7, 11) is 1.46. The summed E-state index contributed by atoms with van der Waals surface area (Å²) in [5.74, 6) is 0.168. The van der Waals surface area contributed by atoms with Crippen molar-refractivity contribution in [2.75, 3.05) is 13.7 Å². The van der Waals surface area contributed by atoms with Gasteiger partial charge in [-0.15, -0.1) is 0 Å². The molecule has 0 saturated carbocycles. The maximum Gasteiger partial charge on any atom is 0.325 e. The number of rotatable bonds is 3. The van der Waals surface area contributed by atoms with E-state index in [0.717, 1.165) is 4.90 Å². The number of benzene rings is 2. The number of para-hydroxylation sites is 1. The van der Waals surface area contributed by atoms with Crippen molar-refractivity contribution in [1.29, 1.82) is 0 Å². The minimum absolute atomic E-state index is 0.0730. The van der Waals surface area contributed by atoms with Gasteiger partial charge in [-0.2, -0.15) is 0 Å². The summed E-state index contributed by atoms with van der Waals surface area (Å²) in [6, 6.07) is 10.7. The van der Waals surface area contributed by atoms with Crippen LogP contribution in [0.25, 0.3) is 0 Å². The van der Waals surface area contributed by atoms with Crippen LogP contribution >= 0.6 is 0 Å². The first-order valence-electron chi connectivity index (χ1n) is 8.24. The molecular weight excluding hydrogens is 339 g/mol. The SMILES string of the molecule is COc1ccc(F)cc1CN1C(=O)NC2(CCOc3ccccc32)C1=O. The number of halogens is 1. The van der Waals surface area contributed by atoms with Crippen LogP contribution in [0.15, 0.2) is 42.5 Å². The van der Waals surface area contributed by atoms with Crippen LogP contribution in [-0.2, 0) is 16.9 Å². The zero-order valence-electron chi connectivity index (χ0n) is 14.1. The molecule has 1 saturated heterocycles. The molecule has 6 nitrogen and oxygen atoms in total. The van der Waals surface area contributed by atoms with Crippen molar-refractivity contribution in [3.8, 4) is 11.5 Å². The molecule has 2 aliphatic rings. The zero-order valence-corrected chi connectivity index (χ0v) is 14.1. The van der Waals surface area contributed by atoms with Gasteiger partial charge in [0.2, 0.25) is 0 Å². The Labute approximate surface area is 149 Å². The minimum atomic E-state index is -1.15. The van der Waals surface area contributed by atoms with Gasteiger partial charge in [0.1, 0.15) is 17.3 Å². The Kier molecular flexibility index (Phi) is 3.79. The van der Waals surface area contributed by atoms with Crippen molar-refractivity contribution in [3.63, 3.8) is 0 Å². The number of fused-ring (bicyclic) bond motifs is 2. The first-order chi connectivity index (χ1) is 12.5. The zero-order chi connectivity index (χ0) is 18.3. The largest absolute Gasteiger partial charge is 0.496 e. The number of hydrogen-bond acceptors (Lipinski definition) is 4. The molecule has 2 heterocycles. The number of imide groups is 1. The van der Waals surface area contributed by atoms with Gasteiger partial charge in [-0.1, -0.05) is 18.2 Å². The van der Waals surface area contributed by atoms with Crippen LogP contribution in [0.5, 0.6) is 11.5 Å². The molecule has 3 amide bonds. The number of nitrogens with one attached hydrogen (secondary N) is 1. The van der Waals surface area contributed by atoms with Crippen LogP contribution in [0.2, 0.25) is 0 Å². The van der Waals surface area contributed by atoms with Gasteiger partial charge in [-0.05, 0) is 24.3 Å². The van der Waals surface area contributed by atoms with E-state index in [1.807, 2.05) is 6.07 Å². The summed E-state index contributed by atoms with van der Waals surface area (Å²) in [6.45, 7) is 0.247. The molecule has 1 N–H and O–H groups in total. The summed E-state index contributed by atoms with van der Waals surface area (Å²) in [5, 5.41) is 2.82. The van der Waals surface area contributed by atoms with Gasteiger partial charge < -0.3 is 14.8 Å². The van der Waals surface area contributed by atoms with E-state index >= 15 is 0 Å². The Bertz CT molecular complexity index is 901. The maximum absolute atomic E-state index is 13.6. The second kappa shape index (κ2) is 6.01. The van der Waals surface area contributed by atoms with Crippen molar-refractivity contribution >= 4 is 11.9 Å². The van der Waals surface area contributed by atoms with Crippen molar-refractivity contribution in [1.82, 2.24) is 10.2 Å². The molecule has 26 heavy (non-hydrogen) atoms. The summed E-state index contributed by atoms with van der Waals surface area (Å²) in [4.78, 5) is 26.9. The van der Waals surface area contributed by atoms with Gasteiger partial charge in [-0.3, -0.25) is 9.69 Å². The molecule has 0 aromatic heterocycles. The highest BCUT2D eigenvalue weighted by atomic mass is 19.1. The topological polar surface area (TPSA) is 67.9 Å².